The summed E-state index contributed by atoms with van der Waals surface area (Å²) >= 11 is 0. The summed E-state index contributed by atoms with van der Waals surface area (Å²) in [6, 6.07) is 0. The van der Waals surface area contributed by atoms with Crippen molar-refractivity contribution in [3.8, 4) is 0 Å². The Hall–Kier alpha value is -1.66. The van der Waals surface area contributed by atoms with E-state index in [4.69, 9.17) is 14.2 Å². The standard InChI is InChI=1S/C17H23FO6/c1-5-17(4,18)15(21)24-16(2,3)14(20)23-11-8-6-9-10(7-8)13(19)22-12(9)11/h8-12H,5-7H2,1-4H3. The van der Waals surface area contributed by atoms with Crippen LogP contribution in [-0.4, -0.2) is 41.4 Å². The summed E-state index contributed by atoms with van der Waals surface area (Å²) in [5.74, 6) is -1.92. The smallest absolute Gasteiger partial charge is 0.350 e. The van der Waals surface area contributed by atoms with Crippen molar-refractivity contribution in [1.29, 1.82) is 0 Å². The van der Waals surface area contributed by atoms with E-state index < -0.39 is 35.4 Å². The van der Waals surface area contributed by atoms with Crippen LogP contribution in [0, 0.1) is 17.8 Å². The predicted octanol–water partition coefficient (Wildman–Crippen LogP) is 1.94. The number of esters is 3. The van der Waals surface area contributed by atoms with Gasteiger partial charge < -0.3 is 14.2 Å². The average molecular weight is 342 g/mol. The molecule has 7 heteroatoms. The van der Waals surface area contributed by atoms with Crippen molar-refractivity contribution in [3.05, 3.63) is 0 Å². The summed E-state index contributed by atoms with van der Waals surface area (Å²) in [7, 11) is 0. The lowest BCUT2D eigenvalue weighted by Gasteiger charge is -2.31. The third-order valence-electron chi connectivity index (χ3n) is 5.59. The van der Waals surface area contributed by atoms with Crippen molar-refractivity contribution in [2.24, 2.45) is 17.8 Å². The van der Waals surface area contributed by atoms with Crippen LogP contribution in [-0.2, 0) is 28.6 Å². The Labute approximate surface area is 140 Å². The van der Waals surface area contributed by atoms with Gasteiger partial charge >= 0.3 is 17.9 Å². The van der Waals surface area contributed by atoms with Crippen LogP contribution in [0.25, 0.3) is 0 Å². The average Bonchev–Trinajstić information content (AvgIpc) is 3.11. The van der Waals surface area contributed by atoms with Crippen molar-refractivity contribution in [3.63, 3.8) is 0 Å². The minimum atomic E-state index is -2.15. The van der Waals surface area contributed by atoms with E-state index in [1.165, 1.54) is 20.8 Å². The molecule has 2 bridgehead atoms. The van der Waals surface area contributed by atoms with Crippen LogP contribution in [0.4, 0.5) is 4.39 Å². The van der Waals surface area contributed by atoms with E-state index in [1.807, 2.05) is 0 Å². The maximum absolute atomic E-state index is 14.0. The van der Waals surface area contributed by atoms with Gasteiger partial charge in [-0.05, 0) is 40.0 Å². The zero-order valence-corrected chi connectivity index (χ0v) is 14.3. The van der Waals surface area contributed by atoms with Gasteiger partial charge in [-0.1, -0.05) is 6.92 Å². The molecule has 2 saturated carbocycles. The number of ether oxygens (including phenoxy) is 3. The molecule has 1 saturated heterocycles. The Balaban J connectivity index is 1.65. The monoisotopic (exact) mass is 342 g/mol. The summed E-state index contributed by atoms with van der Waals surface area (Å²) < 4.78 is 29.9. The maximum Gasteiger partial charge on any atom is 0.350 e. The van der Waals surface area contributed by atoms with Gasteiger partial charge in [-0.25, -0.2) is 14.0 Å². The molecule has 1 aliphatic heterocycles. The molecule has 0 aromatic rings. The normalized spacial score (nSPS) is 36.2. The number of carbonyl (C=O) groups is 3. The van der Waals surface area contributed by atoms with Crippen LogP contribution in [0.3, 0.4) is 0 Å². The van der Waals surface area contributed by atoms with Gasteiger partial charge in [-0.2, -0.15) is 0 Å². The third kappa shape index (κ3) is 2.58. The first kappa shape index (κ1) is 17.2. The Kier molecular flexibility index (Phi) is 3.88. The molecule has 134 valence electrons. The highest BCUT2D eigenvalue weighted by Crippen LogP contribution is 2.55. The third-order valence-corrected chi connectivity index (χ3v) is 5.59. The Morgan fingerprint density at radius 2 is 1.92 bits per heavy atom. The van der Waals surface area contributed by atoms with Crippen molar-refractivity contribution >= 4 is 17.9 Å². The van der Waals surface area contributed by atoms with Gasteiger partial charge in [0.15, 0.2) is 0 Å². The van der Waals surface area contributed by atoms with E-state index in [0.717, 1.165) is 13.3 Å². The molecule has 24 heavy (non-hydrogen) atoms. The van der Waals surface area contributed by atoms with Gasteiger partial charge in [0.1, 0.15) is 12.2 Å². The van der Waals surface area contributed by atoms with Crippen LogP contribution >= 0.6 is 0 Å². The largest absolute Gasteiger partial charge is 0.458 e. The highest BCUT2D eigenvalue weighted by atomic mass is 19.1. The van der Waals surface area contributed by atoms with E-state index >= 15 is 0 Å². The first-order valence-electron chi connectivity index (χ1n) is 8.40. The summed E-state index contributed by atoms with van der Waals surface area (Å²) in [5.41, 5.74) is -3.76. The molecule has 2 aliphatic carbocycles. The number of alkyl halides is 1. The Morgan fingerprint density at radius 1 is 1.25 bits per heavy atom. The van der Waals surface area contributed by atoms with Crippen molar-refractivity contribution in [1.82, 2.24) is 0 Å². The van der Waals surface area contributed by atoms with Crippen LogP contribution in [0.1, 0.15) is 47.0 Å². The number of carbonyl (C=O) groups excluding carboxylic acids is 3. The van der Waals surface area contributed by atoms with Crippen molar-refractivity contribution < 1.29 is 33.0 Å². The molecule has 6 unspecified atom stereocenters. The summed E-state index contributed by atoms with van der Waals surface area (Å²) in [4.78, 5) is 36.1. The molecule has 0 spiro atoms. The van der Waals surface area contributed by atoms with Gasteiger partial charge in [0.25, 0.3) is 0 Å². The second kappa shape index (κ2) is 5.43. The summed E-state index contributed by atoms with van der Waals surface area (Å²) in [5, 5.41) is 0. The number of hydrogen-bond donors (Lipinski definition) is 0. The zero-order valence-electron chi connectivity index (χ0n) is 14.3. The second-order valence-corrected chi connectivity index (χ2v) is 7.72. The van der Waals surface area contributed by atoms with Crippen LogP contribution in [0.15, 0.2) is 0 Å². The lowest BCUT2D eigenvalue weighted by atomic mass is 9.88. The fourth-order valence-electron chi connectivity index (χ4n) is 3.85. The van der Waals surface area contributed by atoms with E-state index in [1.54, 1.807) is 0 Å². The topological polar surface area (TPSA) is 78.9 Å². The first-order valence-corrected chi connectivity index (χ1v) is 8.40. The molecule has 0 N–H and O–H groups in total. The van der Waals surface area contributed by atoms with E-state index in [0.29, 0.717) is 6.42 Å². The fraction of sp³-hybridized carbons (Fsp3) is 0.824. The predicted molar refractivity (Wildman–Crippen MR) is 79.4 cm³/mol. The summed E-state index contributed by atoms with van der Waals surface area (Å²) in [6.07, 6.45) is 0.501. The van der Waals surface area contributed by atoms with Crippen molar-refractivity contribution in [2.75, 3.05) is 0 Å². The highest BCUT2D eigenvalue weighted by molar-refractivity contribution is 5.86. The molecule has 0 aromatic carbocycles. The highest BCUT2D eigenvalue weighted by Gasteiger charge is 2.63. The minimum absolute atomic E-state index is 0.0528. The lowest BCUT2D eigenvalue weighted by molar-refractivity contribution is -0.193. The second-order valence-electron chi connectivity index (χ2n) is 7.72. The molecule has 3 fully saturated rings. The molecule has 0 amide bonds. The molecule has 6 atom stereocenters. The number of fused-ring (bicyclic) bond motifs is 1. The van der Waals surface area contributed by atoms with Crippen LogP contribution < -0.4 is 0 Å². The fourth-order valence-corrected chi connectivity index (χ4v) is 3.85. The molecule has 3 rings (SSSR count). The van der Waals surface area contributed by atoms with E-state index in [2.05, 4.69) is 0 Å². The molecule has 3 aliphatic rings. The molecule has 6 nitrogen and oxygen atoms in total. The quantitative estimate of drug-likeness (QED) is 0.561. The number of halogens is 1. The van der Waals surface area contributed by atoms with E-state index in [9.17, 15) is 18.8 Å². The van der Waals surface area contributed by atoms with Gasteiger partial charge in [-0.3, -0.25) is 4.79 Å². The summed E-state index contributed by atoms with van der Waals surface area (Å²) in [6.45, 7) is 5.38. The molecule has 0 aromatic heterocycles. The minimum Gasteiger partial charge on any atom is -0.458 e. The van der Waals surface area contributed by atoms with Gasteiger partial charge in [0.05, 0.1) is 5.92 Å². The number of rotatable bonds is 5. The molecular formula is C17H23FO6. The molecular weight excluding hydrogens is 319 g/mol. The van der Waals surface area contributed by atoms with Gasteiger partial charge in [0, 0.05) is 11.8 Å². The Morgan fingerprint density at radius 3 is 2.54 bits per heavy atom. The SMILES string of the molecule is CCC(C)(F)C(=O)OC(C)(C)C(=O)OC1C2CC3C(=O)OC1C3C2. The lowest BCUT2D eigenvalue weighted by Crippen LogP contribution is -2.47. The van der Waals surface area contributed by atoms with E-state index in [-0.39, 0.29) is 30.1 Å². The maximum atomic E-state index is 14.0. The van der Waals surface area contributed by atoms with Crippen LogP contribution in [0.5, 0.6) is 0 Å². The van der Waals surface area contributed by atoms with Crippen molar-refractivity contribution in [2.45, 2.75) is 70.4 Å². The van der Waals surface area contributed by atoms with Gasteiger partial charge in [0.2, 0.25) is 11.3 Å². The zero-order chi connectivity index (χ0) is 17.9. The molecule has 1 heterocycles. The van der Waals surface area contributed by atoms with Gasteiger partial charge in [-0.15, -0.1) is 0 Å². The Bertz CT molecular complexity index is 584. The first-order chi connectivity index (χ1) is 11.1. The molecule has 0 radical (unpaired) electrons. The van der Waals surface area contributed by atoms with Crippen LogP contribution in [0.2, 0.25) is 0 Å². The number of hydrogen-bond acceptors (Lipinski definition) is 6.